The van der Waals surface area contributed by atoms with Gasteiger partial charge in [-0.15, -0.1) is 0 Å². The topological polar surface area (TPSA) is 138 Å². The minimum Gasteiger partial charge on any atom is -0.506 e. The molecule has 7 aromatic rings. The molecule has 0 spiro atoms. The maximum atomic E-state index is 11.7. The van der Waals surface area contributed by atoms with Crippen molar-refractivity contribution in [1.29, 1.82) is 0 Å². The van der Waals surface area contributed by atoms with Crippen LogP contribution < -0.4 is 0 Å². The molecule has 8 bridgehead atoms. The quantitative estimate of drug-likeness (QED) is 0.0971. The molecule has 6 N–H and O–H groups in total. The van der Waals surface area contributed by atoms with Crippen molar-refractivity contribution in [3.8, 4) is 67.5 Å². The third-order valence-electron chi connectivity index (χ3n) is 9.94. The number of halogens is 8. The van der Waals surface area contributed by atoms with Crippen LogP contribution in [0.3, 0.4) is 0 Å². The lowest BCUT2D eigenvalue weighted by Crippen LogP contribution is -1.93. The van der Waals surface area contributed by atoms with Crippen molar-refractivity contribution in [2.45, 2.75) is 0 Å². The zero-order valence-electron chi connectivity index (χ0n) is 29.9. The lowest BCUT2D eigenvalue weighted by molar-refractivity contribution is 0.473. The van der Waals surface area contributed by atoms with Crippen LogP contribution in [0.15, 0.2) is 72.8 Å². The van der Waals surface area contributed by atoms with Gasteiger partial charge in [-0.1, -0.05) is 0 Å². The number of phenolic OH excluding ortho intramolecular Hbond substituents is 4. The molecule has 0 amide bonds. The second-order valence-electron chi connectivity index (χ2n) is 13.6. The molecule has 5 heterocycles. The Morgan fingerprint density at radius 3 is 0.767 bits per heavy atom. The number of fused-ring (bicyclic) bond motifs is 8. The van der Waals surface area contributed by atoms with Crippen LogP contribution in [0.1, 0.15) is 22.8 Å². The first-order valence-corrected chi connectivity index (χ1v) is 26.2. The normalized spacial score (nSPS) is 12.1. The van der Waals surface area contributed by atoms with Gasteiger partial charge in [-0.25, -0.2) is 9.97 Å². The Morgan fingerprint density at radius 2 is 0.550 bits per heavy atom. The van der Waals surface area contributed by atoms with E-state index in [4.69, 9.17) is 9.97 Å². The van der Waals surface area contributed by atoms with E-state index in [0.717, 1.165) is 14.3 Å². The molecule has 3 aromatic heterocycles. The molecule has 0 radical (unpaired) electrons. The first kappa shape index (κ1) is 43.8. The summed E-state index contributed by atoms with van der Waals surface area (Å²) in [6.45, 7) is 0. The van der Waals surface area contributed by atoms with Crippen LogP contribution in [0.4, 0.5) is 0 Å². The minimum absolute atomic E-state index is 0.122. The monoisotopic (exact) mass is 1690 g/mol. The van der Waals surface area contributed by atoms with Crippen LogP contribution in [0, 0.1) is 28.6 Å². The first-order valence-electron chi connectivity index (χ1n) is 17.6. The third-order valence-corrected chi connectivity index (χ3v) is 15.7. The Bertz CT molecular complexity index is 2850. The van der Waals surface area contributed by atoms with Crippen molar-refractivity contribution in [2.24, 2.45) is 0 Å². The van der Waals surface area contributed by atoms with E-state index in [1.807, 2.05) is 97.1 Å². The molecule has 8 nitrogen and oxygen atoms in total. The van der Waals surface area contributed by atoms with Crippen molar-refractivity contribution in [3.63, 3.8) is 0 Å². The van der Waals surface area contributed by atoms with Crippen LogP contribution in [0.25, 0.3) is 90.9 Å². The van der Waals surface area contributed by atoms with E-state index in [-0.39, 0.29) is 23.0 Å². The third kappa shape index (κ3) is 8.12. The van der Waals surface area contributed by atoms with Crippen LogP contribution in [-0.2, 0) is 0 Å². The van der Waals surface area contributed by atoms with E-state index in [0.29, 0.717) is 104 Å². The van der Waals surface area contributed by atoms with Crippen LogP contribution >= 0.6 is 181 Å². The fraction of sp³-hybridized carbons (Fsp3) is 0. The van der Waals surface area contributed by atoms with Crippen molar-refractivity contribution in [3.05, 3.63) is 124 Å². The van der Waals surface area contributed by atoms with Crippen molar-refractivity contribution < 1.29 is 20.4 Å². The molecular weight excluding hydrogens is 1660 g/mol. The van der Waals surface area contributed by atoms with E-state index in [9.17, 15) is 20.4 Å². The highest BCUT2D eigenvalue weighted by molar-refractivity contribution is 14.1. The summed E-state index contributed by atoms with van der Waals surface area (Å²) in [7, 11) is 0. The summed E-state index contributed by atoms with van der Waals surface area (Å²) in [5.41, 5.74) is 10.1. The summed E-state index contributed by atoms with van der Waals surface area (Å²) in [6, 6.07) is 23.3. The summed E-state index contributed by atoms with van der Waals surface area (Å²) >= 11 is 17.7. The molecule has 2 aliphatic heterocycles. The smallest absolute Gasteiger partial charge is 0.136 e. The number of aromatic amines is 2. The van der Waals surface area contributed by atoms with E-state index < -0.39 is 0 Å². The summed E-state index contributed by atoms with van der Waals surface area (Å²) in [4.78, 5) is 18.0. The number of nitrogens with one attached hydrogen (secondary N) is 2. The molecule has 0 atom stereocenters. The number of nitrogens with zero attached hydrogens (tertiary/aromatic N) is 2. The van der Waals surface area contributed by atoms with Crippen LogP contribution in [0.5, 0.6) is 23.0 Å². The maximum absolute atomic E-state index is 11.7. The number of hydrogen-bond donors (Lipinski definition) is 6. The molecule has 0 unspecified atom stereocenters. The second-order valence-corrected chi connectivity index (χ2v) is 23.3. The summed E-state index contributed by atoms with van der Waals surface area (Å²) in [5.74, 6) is 0.489. The van der Waals surface area contributed by atoms with Gasteiger partial charge in [-0.2, -0.15) is 0 Å². The maximum Gasteiger partial charge on any atom is 0.136 e. The Hall–Kier alpha value is -1.48. The molecule has 4 aromatic carbocycles. The molecule has 298 valence electrons. The molecule has 0 fully saturated rings. The standard InChI is InChI=1S/C44H22I8N4O4/c45-17-9-21(41(57)25(49)13-17)37-29-1-2-30(53-29)38(22-10-18(46)14-26(50)42(22)58)32-5-6-34(55-32)40(24-12-20(48)16-28(52)44(24)60)36-8-7-35(56-36)39(33-4-3-31(37)54-33)23-11-19(47)15-27(51)43(23)59/h1-16,53,56-60H. The Labute approximate surface area is 451 Å². The molecule has 0 saturated heterocycles. The SMILES string of the molecule is Oc1c(I)cc(I)cc1-c1c2nc(c(-c3cc(I)cc(I)c3O)c3ccc([nH]3)c(-c3cc(I)cc(I)c3O)c3nc(c(-c4cc(I)cc(I)c4O)c4ccc1[nH]4)C=C3)C=C2. The molecule has 2 aliphatic rings. The van der Waals surface area contributed by atoms with Gasteiger partial charge in [-0.3, -0.25) is 0 Å². The predicted molar refractivity (Wildman–Crippen MR) is 309 cm³/mol. The van der Waals surface area contributed by atoms with Gasteiger partial charge in [0, 0.05) is 80.9 Å². The number of aromatic nitrogens is 4. The summed E-state index contributed by atoms with van der Waals surface area (Å²) in [5, 5.41) is 46.9. The highest BCUT2D eigenvalue weighted by Gasteiger charge is 2.24. The number of hydrogen-bond acceptors (Lipinski definition) is 6. The Morgan fingerprint density at radius 1 is 0.333 bits per heavy atom. The fourth-order valence-electron chi connectivity index (χ4n) is 7.37. The summed E-state index contributed by atoms with van der Waals surface area (Å²) < 4.78 is 6.52. The molecule has 0 aliphatic carbocycles. The summed E-state index contributed by atoms with van der Waals surface area (Å²) in [6.07, 6.45) is 7.73. The zero-order chi connectivity index (χ0) is 42.3. The average Bonchev–Trinajstić information content (AvgIpc) is 4.03. The first-order chi connectivity index (χ1) is 28.7. The Kier molecular flexibility index (Phi) is 12.7. The number of aromatic hydroxyl groups is 4. The average molecular weight is 1690 g/mol. The van der Waals surface area contributed by atoms with Gasteiger partial charge in [0.1, 0.15) is 23.0 Å². The molecule has 9 rings (SSSR count). The van der Waals surface area contributed by atoms with E-state index in [1.165, 1.54) is 0 Å². The van der Waals surface area contributed by atoms with Gasteiger partial charge in [0.05, 0.1) is 37.1 Å². The van der Waals surface area contributed by atoms with Gasteiger partial charge < -0.3 is 30.4 Å². The highest BCUT2D eigenvalue weighted by atomic mass is 127. The largest absolute Gasteiger partial charge is 0.506 e. The second kappa shape index (κ2) is 17.5. The predicted octanol–water partition coefficient (Wildman–Crippen LogP) is 15.0. The molecule has 60 heavy (non-hydrogen) atoms. The fourth-order valence-corrected chi connectivity index (χ4v) is 14.7. The Balaban J connectivity index is 1.54. The zero-order valence-corrected chi connectivity index (χ0v) is 47.2. The molecular formula is C44H22I8N4O4. The minimum atomic E-state index is 0.122. The highest BCUT2D eigenvalue weighted by Crippen LogP contribution is 2.46. The van der Waals surface area contributed by atoms with E-state index in [1.54, 1.807) is 0 Å². The van der Waals surface area contributed by atoms with Crippen molar-refractivity contribution in [1.82, 2.24) is 19.9 Å². The lowest BCUT2D eigenvalue weighted by atomic mass is 10.0. The number of phenols is 4. The lowest BCUT2D eigenvalue weighted by Gasteiger charge is -2.11. The van der Waals surface area contributed by atoms with Crippen LogP contribution in [-0.4, -0.2) is 40.4 Å². The molecule has 16 heteroatoms. The van der Waals surface area contributed by atoms with E-state index in [2.05, 4.69) is 191 Å². The number of benzene rings is 4. The van der Waals surface area contributed by atoms with Gasteiger partial charge in [-0.05, 0) is 278 Å². The van der Waals surface area contributed by atoms with Crippen LogP contribution in [0.2, 0.25) is 0 Å². The van der Waals surface area contributed by atoms with Gasteiger partial charge >= 0.3 is 0 Å². The number of rotatable bonds is 4. The number of H-pyrrole nitrogens is 2. The van der Waals surface area contributed by atoms with Gasteiger partial charge in [0.15, 0.2) is 0 Å². The van der Waals surface area contributed by atoms with Crippen molar-refractivity contribution >= 4 is 227 Å². The van der Waals surface area contributed by atoms with E-state index >= 15 is 0 Å². The van der Waals surface area contributed by atoms with Gasteiger partial charge in [0.25, 0.3) is 0 Å². The van der Waals surface area contributed by atoms with Crippen molar-refractivity contribution in [2.75, 3.05) is 0 Å². The molecule has 0 saturated carbocycles. The van der Waals surface area contributed by atoms with Gasteiger partial charge in [0.2, 0.25) is 0 Å².